The summed E-state index contributed by atoms with van der Waals surface area (Å²) >= 11 is 5.78. The predicted molar refractivity (Wildman–Crippen MR) is 71.5 cm³/mol. The Morgan fingerprint density at radius 3 is 2.56 bits per heavy atom. The van der Waals surface area contributed by atoms with E-state index in [1.165, 1.54) is 0 Å². The van der Waals surface area contributed by atoms with Crippen LogP contribution in [0.15, 0.2) is 36.4 Å². The van der Waals surface area contributed by atoms with Crippen molar-refractivity contribution >= 4 is 17.6 Å². The van der Waals surface area contributed by atoms with Crippen LogP contribution in [0.1, 0.15) is 19.4 Å². The second kappa shape index (κ2) is 7.19. The molecule has 98 valence electrons. The van der Waals surface area contributed by atoms with Gasteiger partial charge < -0.3 is 9.47 Å². The van der Waals surface area contributed by atoms with Crippen LogP contribution in [0, 0.1) is 0 Å². The average molecular weight is 269 g/mol. The van der Waals surface area contributed by atoms with Gasteiger partial charge in [0.05, 0.1) is 12.7 Å². The molecule has 1 rings (SSSR count). The molecule has 1 aromatic carbocycles. The molecule has 1 unspecified atom stereocenters. The first-order valence-corrected chi connectivity index (χ1v) is 6.05. The van der Waals surface area contributed by atoms with Crippen LogP contribution in [0.25, 0.3) is 0 Å². The van der Waals surface area contributed by atoms with Crippen LogP contribution in [0.2, 0.25) is 5.02 Å². The van der Waals surface area contributed by atoms with E-state index in [0.29, 0.717) is 17.2 Å². The van der Waals surface area contributed by atoms with Gasteiger partial charge in [-0.15, -0.1) is 0 Å². The lowest BCUT2D eigenvalue weighted by molar-refractivity contribution is -0.143. The van der Waals surface area contributed by atoms with E-state index in [1.807, 2.05) is 31.2 Å². The summed E-state index contributed by atoms with van der Waals surface area (Å²) in [5.74, 6) is -0.392. The van der Waals surface area contributed by atoms with E-state index in [9.17, 15) is 4.79 Å². The van der Waals surface area contributed by atoms with Gasteiger partial charge in [-0.2, -0.15) is 0 Å². The molecular formula is C14H17ClO3. The fourth-order valence-corrected chi connectivity index (χ4v) is 1.31. The van der Waals surface area contributed by atoms with E-state index >= 15 is 0 Å². The third-order valence-electron chi connectivity index (χ3n) is 2.25. The Hall–Kier alpha value is -1.32. The van der Waals surface area contributed by atoms with E-state index in [4.69, 9.17) is 21.1 Å². The maximum Gasteiger partial charge on any atom is 0.333 e. The minimum Gasteiger partial charge on any atom is -0.460 e. The molecule has 0 saturated heterocycles. The SMILES string of the molecule is C=C(C)C(=O)OCC(C)OCc1ccc(Cl)cc1. The molecule has 0 saturated carbocycles. The Balaban J connectivity index is 2.28. The predicted octanol–water partition coefficient (Wildman–Crippen LogP) is 3.36. The molecule has 0 spiro atoms. The number of ether oxygens (including phenoxy) is 2. The maximum atomic E-state index is 11.2. The second-order valence-electron chi connectivity index (χ2n) is 4.13. The Bertz CT molecular complexity index is 412. The summed E-state index contributed by atoms with van der Waals surface area (Å²) < 4.78 is 10.5. The summed E-state index contributed by atoms with van der Waals surface area (Å²) in [5, 5.41) is 0.696. The van der Waals surface area contributed by atoms with Gasteiger partial charge in [-0.05, 0) is 31.5 Å². The maximum absolute atomic E-state index is 11.2. The normalized spacial score (nSPS) is 11.9. The lowest BCUT2D eigenvalue weighted by atomic mass is 10.2. The summed E-state index contributed by atoms with van der Waals surface area (Å²) in [6.07, 6.45) is -0.163. The van der Waals surface area contributed by atoms with Gasteiger partial charge in [-0.3, -0.25) is 0 Å². The summed E-state index contributed by atoms with van der Waals surface area (Å²) in [6.45, 7) is 7.65. The van der Waals surface area contributed by atoms with Crippen molar-refractivity contribution in [1.29, 1.82) is 0 Å². The number of hydrogen-bond acceptors (Lipinski definition) is 3. The van der Waals surface area contributed by atoms with E-state index in [2.05, 4.69) is 6.58 Å². The van der Waals surface area contributed by atoms with Crippen LogP contribution in [-0.2, 0) is 20.9 Å². The number of esters is 1. The van der Waals surface area contributed by atoms with E-state index in [1.54, 1.807) is 6.92 Å². The first kappa shape index (κ1) is 14.7. The number of benzene rings is 1. The number of carbonyl (C=O) groups is 1. The molecule has 0 bridgehead atoms. The van der Waals surface area contributed by atoms with Crippen molar-refractivity contribution in [2.75, 3.05) is 6.61 Å². The second-order valence-corrected chi connectivity index (χ2v) is 4.56. The standard InChI is InChI=1S/C14H17ClO3/c1-10(2)14(16)18-8-11(3)17-9-12-4-6-13(15)7-5-12/h4-7,11H,1,8-9H2,2-3H3. The number of rotatable bonds is 6. The molecule has 0 aliphatic heterocycles. The third-order valence-corrected chi connectivity index (χ3v) is 2.50. The van der Waals surface area contributed by atoms with Crippen molar-refractivity contribution in [3.05, 3.63) is 47.0 Å². The van der Waals surface area contributed by atoms with E-state index in [0.717, 1.165) is 5.56 Å². The highest BCUT2D eigenvalue weighted by atomic mass is 35.5. The Morgan fingerprint density at radius 2 is 2.00 bits per heavy atom. The molecule has 0 N–H and O–H groups in total. The molecule has 0 radical (unpaired) electrons. The van der Waals surface area contributed by atoms with Crippen LogP contribution in [-0.4, -0.2) is 18.7 Å². The van der Waals surface area contributed by atoms with Gasteiger partial charge in [0.2, 0.25) is 0 Å². The summed E-state index contributed by atoms with van der Waals surface area (Å²) in [5.41, 5.74) is 1.41. The highest BCUT2D eigenvalue weighted by Gasteiger charge is 2.08. The molecular weight excluding hydrogens is 252 g/mol. The van der Waals surface area contributed by atoms with Crippen LogP contribution in [0.4, 0.5) is 0 Å². The average Bonchev–Trinajstić information content (AvgIpc) is 2.35. The van der Waals surface area contributed by atoms with Crippen molar-refractivity contribution in [2.24, 2.45) is 0 Å². The highest BCUT2D eigenvalue weighted by Crippen LogP contribution is 2.11. The fourth-order valence-electron chi connectivity index (χ4n) is 1.18. The van der Waals surface area contributed by atoms with Gasteiger partial charge in [-0.25, -0.2) is 4.79 Å². The van der Waals surface area contributed by atoms with Crippen LogP contribution in [0.5, 0.6) is 0 Å². The fraction of sp³-hybridized carbons (Fsp3) is 0.357. The minimum absolute atomic E-state index is 0.163. The van der Waals surface area contributed by atoms with Gasteiger partial charge in [0.15, 0.2) is 0 Å². The molecule has 0 heterocycles. The molecule has 18 heavy (non-hydrogen) atoms. The zero-order valence-corrected chi connectivity index (χ0v) is 11.4. The van der Waals surface area contributed by atoms with E-state index in [-0.39, 0.29) is 12.7 Å². The molecule has 4 heteroatoms. The molecule has 1 aromatic rings. The molecule has 0 aromatic heterocycles. The summed E-state index contributed by atoms with van der Waals surface area (Å²) in [6, 6.07) is 7.42. The molecule has 0 fully saturated rings. The van der Waals surface area contributed by atoms with Crippen LogP contribution >= 0.6 is 11.6 Å². The van der Waals surface area contributed by atoms with Gasteiger partial charge in [0.25, 0.3) is 0 Å². The van der Waals surface area contributed by atoms with Crippen molar-refractivity contribution in [3.8, 4) is 0 Å². The van der Waals surface area contributed by atoms with Crippen LogP contribution in [0.3, 0.4) is 0 Å². The highest BCUT2D eigenvalue weighted by molar-refractivity contribution is 6.30. The van der Waals surface area contributed by atoms with Gasteiger partial charge in [0.1, 0.15) is 6.61 Å². The number of hydrogen-bond donors (Lipinski definition) is 0. The lowest BCUT2D eigenvalue weighted by Gasteiger charge is -2.13. The smallest absolute Gasteiger partial charge is 0.333 e. The third kappa shape index (κ3) is 5.34. The topological polar surface area (TPSA) is 35.5 Å². The summed E-state index contributed by atoms with van der Waals surface area (Å²) in [4.78, 5) is 11.2. The van der Waals surface area contributed by atoms with Crippen molar-refractivity contribution in [3.63, 3.8) is 0 Å². The van der Waals surface area contributed by atoms with Crippen molar-refractivity contribution in [1.82, 2.24) is 0 Å². The molecule has 0 aliphatic carbocycles. The van der Waals surface area contributed by atoms with E-state index < -0.39 is 5.97 Å². The molecule has 0 amide bonds. The monoisotopic (exact) mass is 268 g/mol. The minimum atomic E-state index is -0.392. The van der Waals surface area contributed by atoms with Crippen molar-refractivity contribution < 1.29 is 14.3 Å². The van der Waals surface area contributed by atoms with Gasteiger partial charge in [0, 0.05) is 10.6 Å². The largest absolute Gasteiger partial charge is 0.460 e. The zero-order chi connectivity index (χ0) is 13.5. The summed E-state index contributed by atoms with van der Waals surface area (Å²) in [7, 11) is 0. The Morgan fingerprint density at radius 1 is 1.39 bits per heavy atom. The molecule has 1 atom stereocenters. The number of halogens is 1. The lowest BCUT2D eigenvalue weighted by Crippen LogP contribution is -2.19. The van der Waals surface area contributed by atoms with Crippen molar-refractivity contribution in [2.45, 2.75) is 26.6 Å². The first-order chi connectivity index (χ1) is 8.49. The number of carbonyl (C=O) groups excluding carboxylic acids is 1. The van der Waals surface area contributed by atoms with Gasteiger partial charge in [-0.1, -0.05) is 30.3 Å². The molecule has 3 nitrogen and oxygen atoms in total. The van der Waals surface area contributed by atoms with Gasteiger partial charge >= 0.3 is 5.97 Å². The Kier molecular flexibility index (Phi) is 5.89. The molecule has 0 aliphatic rings. The Labute approximate surface area is 112 Å². The first-order valence-electron chi connectivity index (χ1n) is 5.67. The van der Waals surface area contributed by atoms with Crippen LogP contribution < -0.4 is 0 Å². The quantitative estimate of drug-likeness (QED) is 0.586. The zero-order valence-electron chi connectivity index (χ0n) is 10.6.